The second-order valence-corrected chi connectivity index (χ2v) is 4.44. The minimum Gasteiger partial charge on any atom is -0.497 e. The number of benzene rings is 1. The number of rotatable bonds is 3. The molecule has 1 aromatic rings. The fourth-order valence-corrected chi connectivity index (χ4v) is 2.11. The maximum absolute atomic E-state index is 12.3. The van der Waals surface area contributed by atoms with Gasteiger partial charge in [0.2, 0.25) is 0 Å². The molecule has 0 spiro atoms. The summed E-state index contributed by atoms with van der Waals surface area (Å²) in [6, 6.07) is 4.07. The van der Waals surface area contributed by atoms with Crippen molar-refractivity contribution in [1.29, 1.82) is 0 Å². The lowest BCUT2D eigenvalue weighted by Gasteiger charge is -2.16. The summed E-state index contributed by atoms with van der Waals surface area (Å²) in [5, 5.41) is 11.0. The van der Waals surface area contributed by atoms with E-state index >= 15 is 0 Å². The van der Waals surface area contributed by atoms with E-state index in [0.717, 1.165) is 0 Å². The summed E-state index contributed by atoms with van der Waals surface area (Å²) in [6.45, 7) is 0.946. The van der Waals surface area contributed by atoms with Crippen molar-refractivity contribution in [2.24, 2.45) is 5.73 Å². The number of likely N-dealkylation sites (tertiary alicyclic amines) is 1. The third kappa shape index (κ3) is 3.17. The number of hydrogen-bond donors (Lipinski definition) is 1. The van der Waals surface area contributed by atoms with Crippen LogP contribution in [0.15, 0.2) is 18.2 Å². The topological polar surface area (TPSA) is 98.7 Å². The highest BCUT2D eigenvalue weighted by molar-refractivity contribution is 5.98. The second kappa shape index (κ2) is 6.53. The Morgan fingerprint density at radius 3 is 2.75 bits per heavy atom. The first-order chi connectivity index (χ1) is 9.02. The van der Waals surface area contributed by atoms with Gasteiger partial charge in [-0.05, 0) is 18.6 Å². The molecule has 1 fully saturated rings. The van der Waals surface area contributed by atoms with Gasteiger partial charge in [0.1, 0.15) is 11.3 Å². The van der Waals surface area contributed by atoms with E-state index in [4.69, 9.17) is 10.5 Å². The van der Waals surface area contributed by atoms with E-state index in [9.17, 15) is 14.9 Å². The Morgan fingerprint density at radius 2 is 2.25 bits per heavy atom. The van der Waals surface area contributed by atoms with Crippen LogP contribution in [0.3, 0.4) is 0 Å². The van der Waals surface area contributed by atoms with E-state index in [1.54, 1.807) is 0 Å². The highest BCUT2D eigenvalue weighted by Gasteiger charge is 2.29. The van der Waals surface area contributed by atoms with Crippen LogP contribution in [-0.2, 0) is 0 Å². The van der Waals surface area contributed by atoms with Crippen molar-refractivity contribution in [3.05, 3.63) is 33.9 Å². The van der Waals surface area contributed by atoms with Crippen LogP contribution in [-0.4, -0.2) is 42.0 Å². The summed E-state index contributed by atoms with van der Waals surface area (Å²) in [5.41, 5.74) is 5.57. The molecule has 2 N–H and O–H groups in total. The molecule has 1 amide bonds. The molecule has 1 aromatic carbocycles. The largest absolute Gasteiger partial charge is 0.497 e. The van der Waals surface area contributed by atoms with Gasteiger partial charge in [-0.2, -0.15) is 0 Å². The molecule has 0 aliphatic carbocycles. The first-order valence-electron chi connectivity index (χ1n) is 5.90. The fourth-order valence-electron chi connectivity index (χ4n) is 2.11. The molecule has 7 nitrogen and oxygen atoms in total. The summed E-state index contributed by atoms with van der Waals surface area (Å²) in [5.74, 6) is 0.0380. The molecular weight excluding hydrogens is 286 g/mol. The summed E-state index contributed by atoms with van der Waals surface area (Å²) >= 11 is 0. The van der Waals surface area contributed by atoms with Crippen molar-refractivity contribution < 1.29 is 14.5 Å². The molecule has 2 rings (SSSR count). The van der Waals surface area contributed by atoms with E-state index in [0.29, 0.717) is 25.3 Å². The molecule has 1 atom stereocenters. The number of hydrogen-bond acceptors (Lipinski definition) is 5. The summed E-state index contributed by atoms with van der Waals surface area (Å²) in [6.07, 6.45) is 0.712. The van der Waals surface area contributed by atoms with Crippen molar-refractivity contribution >= 4 is 24.0 Å². The zero-order chi connectivity index (χ0) is 14.0. The van der Waals surface area contributed by atoms with Gasteiger partial charge in [-0.3, -0.25) is 14.9 Å². The average molecular weight is 302 g/mol. The molecule has 8 heteroatoms. The smallest absolute Gasteiger partial charge is 0.282 e. The molecule has 0 unspecified atom stereocenters. The Bertz CT molecular complexity index is 523. The number of nitro benzene ring substituents is 1. The highest BCUT2D eigenvalue weighted by atomic mass is 35.5. The van der Waals surface area contributed by atoms with E-state index in [1.165, 1.54) is 30.2 Å². The minimum absolute atomic E-state index is 0. The van der Waals surface area contributed by atoms with Gasteiger partial charge in [0, 0.05) is 25.2 Å². The van der Waals surface area contributed by atoms with Crippen molar-refractivity contribution in [3.63, 3.8) is 0 Å². The van der Waals surface area contributed by atoms with Crippen LogP contribution in [0.2, 0.25) is 0 Å². The first-order valence-corrected chi connectivity index (χ1v) is 5.90. The fraction of sp³-hybridized carbons (Fsp3) is 0.417. The Morgan fingerprint density at radius 1 is 1.55 bits per heavy atom. The number of amides is 1. The zero-order valence-corrected chi connectivity index (χ0v) is 11.8. The number of nitrogens with zero attached hydrogens (tertiary/aromatic N) is 2. The molecule has 0 bridgehead atoms. The molecule has 20 heavy (non-hydrogen) atoms. The molecule has 0 saturated carbocycles. The maximum atomic E-state index is 12.3. The minimum atomic E-state index is -0.567. The third-order valence-corrected chi connectivity index (χ3v) is 3.14. The van der Waals surface area contributed by atoms with Crippen LogP contribution in [0.25, 0.3) is 0 Å². The zero-order valence-electron chi connectivity index (χ0n) is 10.9. The quantitative estimate of drug-likeness (QED) is 0.668. The van der Waals surface area contributed by atoms with Gasteiger partial charge in [-0.1, -0.05) is 0 Å². The number of nitrogens with two attached hydrogens (primary N) is 1. The maximum Gasteiger partial charge on any atom is 0.282 e. The van der Waals surface area contributed by atoms with Crippen molar-refractivity contribution in [3.8, 4) is 5.75 Å². The lowest BCUT2D eigenvalue weighted by atomic mass is 10.1. The summed E-state index contributed by atoms with van der Waals surface area (Å²) < 4.78 is 5.01. The van der Waals surface area contributed by atoms with Gasteiger partial charge in [0.05, 0.1) is 12.0 Å². The summed E-state index contributed by atoms with van der Waals surface area (Å²) in [4.78, 5) is 24.2. The lowest BCUT2D eigenvalue weighted by molar-refractivity contribution is -0.385. The van der Waals surface area contributed by atoms with Crippen molar-refractivity contribution in [2.75, 3.05) is 20.2 Å². The third-order valence-electron chi connectivity index (χ3n) is 3.14. The van der Waals surface area contributed by atoms with Gasteiger partial charge >= 0.3 is 0 Å². The Hall–Kier alpha value is -1.86. The van der Waals surface area contributed by atoms with Gasteiger partial charge in [-0.25, -0.2) is 0 Å². The molecule has 1 heterocycles. The summed E-state index contributed by atoms with van der Waals surface area (Å²) in [7, 11) is 1.45. The Kier molecular flexibility index (Phi) is 5.29. The van der Waals surface area contributed by atoms with Crippen LogP contribution < -0.4 is 10.5 Å². The lowest BCUT2D eigenvalue weighted by Crippen LogP contribution is -2.32. The van der Waals surface area contributed by atoms with Gasteiger partial charge in [0.15, 0.2) is 0 Å². The average Bonchev–Trinajstić information content (AvgIpc) is 2.83. The van der Waals surface area contributed by atoms with Crippen LogP contribution >= 0.6 is 12.4 Å². The van der Waals surface area contributed by atoms with E-state index in [-0.39, 0.29) is 35.6 Å². The molecule has 1 saturated heterocycles. The molecule has 1 aliphatic rings. The number of methoxy groups -OCH3 is 1. The number of carbonyl (C=O) groups excluding carboxylic acids is 1. The molecule has 110 valence electrons. The van der Waals surface area contributed by atoms with Crippen LogP contribution in [0, 0.1) is 10.1 Å². The van der Waals surface area contributed by atoms with Gasteiger partial charge < -0.3 is 15.4 Å². The van der Waals surface area contributed by atoms with Crippen molar-refractivity contribution in [1.82, 2.24) is 4.90 Å². The first kappa shape index (κ1) is 16.2. The van der Waals surface area contributed by atoms with Crippen LogP contribution in [0.4, 0.5) is 5.69 Å². The van der Waals surface area contributed by atoms with E-state index < -0.39 is 4.92 Å². The number of ether oxygens (including phenoxy) is 1. The Labute approximate surface area is 122 Å². The number of carbonyl (C=O) groups is 1. The molecule has 0 aromatic heterocycles. The normalized spacial score (nSPS) is 17.5. The van der Waals surface area contributed by atoms with Gasteiger partial charge in [-0.15, -0.1) is 12.4 Å². The number of nitro groups is 1. The SMILES string of the molecule is COc1ccc([N+](=O)[O-])c(C(=O)N2CC[C@@H](N)C2)c1.Cl. The standard InChI is InChI=1S/C12H15N3O4.ClH/c1-19-9-2-3-11(15(17)18)10(6-9)12(16)14-5-4-8(13)7-14;/h2-3,6,8H,4-5,7,13H2,1H3;1H/t8-;/m1./s1. The predicted octanol–water partition coefficient (Wildman–Crippen LogP) is 1.20. The van der Waals surface area contributed by atoms with Crippen molar-refractivity contribution in [2.45, 2.75) is 12.5 Å². The Balaban J connectivity index is 0.00000200. The monoisotopic (exact) mass is 301 g/mol. The highest BCUT2D eigenvalue weighted by Crippen LogP contribution is 2.26. The predicted molar refractivity (Wildman–Crippen MR) is 75.4 cm³/mol. The van der Waals surface area contributed by atoms with E-state index in [1.807, 2.05) is 0 Å². The molecular formula is C12H16ClN3O4. The van der Waals surface area contributed by atoms with E-state index in [2.05, 4.69) is 0 Å². The van der Waals surface area contributed by atoms with Gasteiger partial charge in [0.25, 0.3) is 11.6 Å². The van der Waals surface area contributed by atoms with Crippen LogP contribution in [0.1, 0.15) is 16.8 Å². The molecule has 1 aliphatic heterocycles. The number of halogens is 1. The molecule has 0 radical (unpaired) electrons. The van der Waals surface area contributed by atoms with Crippen LogP contribution in [0.5, 0.6) is 5.75 Å². The second-order valence-electron chi connectivity index (χ2n) is 4.44.